The Kier molecular flexibility index (Phi) is 7.03. The molecule has 160 valence electrons. The van der Waals surface area contributed by atoms with Gasteiger partial charge < -0.3 is 9.47 Å². The van der Waals surface area contributed by atoms with Gasteiger partial charge >= 0.3 is 11.9 Å². The molecule has 6 heteroatoms. The van der Waals surface area contributed by atoms with Gasteiger partial charge in [-0.3, -0.25) is 9.69 Å². The molecule has 0 unspecified atom stereocenters. The van der Waals surface area contributed by atoms with Crippen LogP contribution in [0.4, 0.5) is 0 Å². The molecule has 6 nitrogen and oxygen atoms in total. The summed E-state index contributed by atoms with van der Waals surface area (Å²) in [7, 11) is 0. The number of carbonyl (C=O) groups excluding carboxylic acids is 3. The summed E-state index contributed by atoms with van der Waals surface area (Å²) in [5.41, 5.74) is 2.50. The molecule has 0 spiro atoms. The molecule has 1 aliphatic heterocycles. The van der Waals surface area contributed by atoms with Crippen molar-refractivity contribution in [2.75, 3.05) is 13.2 Å². The predicted octanol–water partition coefficient (Wildman–Crippen LogP) is 4.13. The number of amides is 1. The number of ether oxygens (including phenoxy) is 2. The minimum absolute atomic E-state index is 0.168. The van der Waals surface area contributed by atoms with Crippen LogP contribution in [0.1, 0.15) is 41.3 Å². The first kappa shape index (κ1) is 22.0. The number of hydrogen-bond acceptors (Lipinski definition) is 5. The van der Waals surface area contributed by atoms with Crippen molar-refractivity contribution >= 4 is 17.8 Å². The second-order valence-electron chi connectivity index (χ2n) is 6.98. The van der Waals surface area contributed by atoms with E-state index in [9.17, 15) is 14.4 Å². The van der Waals surface area contributed by atoms with E-state index in [1.807, 2.05) is 31.2 Å². The molecule has 31 heavy (non-hydrogen) atoms. The molecule has 0 radical (unpaired) electrons. The molecule has 2 aromatic rings. The van der Waals surface area contributed by atoms with Crippen LogP contribution in [0.5, 0.6) is 0 Å². The van der Waals surface area contributed by atoms with Crippen LogP contribution in [-0.4, -0.2) is 36.0 Å². The number of carbonyl (C=O) groups is 3. The molecule has 0 aromatic heterocycles. The average Bonchev–Trinajstić information content (AvgIpc) is 2.79. The minimum Gasteiger partial charge on any atom is -0.463 e. The summed E-state index contributed by atoms with van der Waals surface area (Å²) in [5.74, 6) is -2.25. The van der Waals surface area contributed by atoms with Crippen molar-refractivity contribution < 1.29 is 23.9 Å². The molecule has 0 bridgehead atoms. The van der Waals surface area contributed by atoms with Gasteiger partial charge in [0, 0.05) is 18.0 Å². The molecule has 1 heterocycles. The maximum atomic E-state index is 13.1. The summed E-state index contributed by atoms with van der Waals surface area (Å²) < 4.78 is 10.5. The highest BCUT2D eigenvalue weighted by molar-refractivity contribution is 6.02. The standard InChI is InChI=1S/C25H25NO5/c1-4-30-24(28)20-15-26(23(27)18-12-7-6-8-13-18)16-21(25(29)31-5-2)22(20)19-14-10-9-11-17(19)3/h6-16,22H,4-5H2,1-3H3. The minimum atomic E-state index is -0.709. The van der Waals surface area contributed by atoms with Crippen LogP contribution < -0.4 is 0 Å². The van der Waals surface area contributed by atoms with Crippen molar-refractivity contribution in [1.29, 1.82) is 0 Å². The van der Waals surface area contributed by atoms with Gasteiger partial charge in [0.15, 0.2) is 0 Å². The Hall–Kier alpha value is -3.67. The fraction of sp³-hybridized carbons (Fsp3) is 0.240. The van der Waals surface area contributed by atoms with E-state index in [0.717, 1.165) is 11.1 Å². The lowest BCUT2D eigenvalue weighted by molar-refractivity contribution is -0.139. The zero-order valence-electron chi connectivity index (χ0n) is 17.8. The maximum absolute atomic E-state index is 13.1. The third-order valence-electron chi connectivity index (χ3n) is 4.96. The van der Waals surface area contributed by atoms with E-state index in [1.165, 1.54) is 17.3 Å². The average molecular weight is 419 g/mol. The highest BCUT2D eigenvalue weighted by atomic mass is 16.5. The lowest BCUT2D eigenvalue weighted by atomic mass is 9.81. The second-order valence-corrected chi connectivity index (χ2v) is 6.98. The van der Waals surface area contributed by atoms with Crippen molar-refractivity contribution in [2.45, 2.75) is 26.7 Å². The number of aryl methyl sites for hydroxylation is 1. The van der Waals surface area contributed by atoms with Crippen LogP contribution >= 0.6 is 0 Å². The van der Waals surface area contributed by atoms with E-state index in [0.29, 0.717) is 5.56 Å². The van der Waals surface area contributed by atoms with Gasteiger partial charge in [-0.2, -0.15) is 0 Å². The Morgan fingerprint density at radius 2 is 1.32 bits per heavy atom. The lowest BCUT2D eigenvalue weighted by Gasteiger charge is -2.30. The molecule has 1 amide bonds. The molecule has 0 atom stereocenters. The molecule has 0 fully saturated rings. The zero-order valence-corrected chi connectivity index (χ0v) is 17.8. The molecule has 3 rings (SSSR count). The molecule has 0 saturated heterocycles. The Balaban J connectivity index is 2.17. The van der Waals surface area contributed by atoms with Crippen LogP contribution in [-0.2, 0) is 19.1 Å². The lowest BCUT2D eigenvalue weighted by Crippen LogP contribution is -2.32. The fourth-order valence-electron chi connectivity index (χ4n) is 3.52. The van der Waals surface area contributed by atoms with E-state index in [2.05, 4.69) is 0 Å². The second kappa shape index (κ2) is 9.89. The highest BCUT2D eigenvalue weighted by Crippen LogP contribution is 2.38. The zero-order chi connectivity index (χ0) is 22.4. The van der Waals surface area contributed by atoms with Crippen molar-refractivity contribution in [3.8, 4) is 0 Å². The van der Waals surface area contributed by atoms with E-state index in [-0.39, 0.29) is 30.3 Å². The third-order valence-corrected chi connectivity index (χ3v) is 4.96. The summed E-state index contributed by atoms with van der Waals surface area (Å²) in [6.07, 6.45) is 2.90. The first-order valence-corrected chi connectivity index (χ1v) is 10.2. The SMILES string of the molecule is CCOC(=O)C1=CN(C(=O)c2ccccc2)C=C(C(=O)OCC)C1c1ccccc1C. The summed E-state index contributed by atoms with van der Waals surface area (Å²) in [5, 5.41) is 0. The Morgan fingerprint density at radius 3 is 1.84 bits per heavy atom. The largest absolute Gasteiger partial charge is 0.463 e. The summed E-state index contributed by atoms with van der Waals surface area (Å²) in [6.45, 7) is 5.66. The van der Waals surface area contributed by atoms with Crippen molar-refractivity contribution in [1.82, 2.24) is 4.90 Å². The topological polar surface area (TPSA) is 72.9 Å². The van der Waals surface area contributed by atoms with Crippen molar-refractivity contribution in [3.05, 3.63) is 94.8 Å². The van der Waals surface area contributed by atoms with Gasteiger partial charge in [0.2, 0.25) is 0 Å². The Morgan fingerprint density at radius 1 is 0.806 bits per heavy atom. The van der Waals surface area contributed by atoms with E-state index in [1.54, 1.807) is 44.2 Å². The number of rotatable bonds is 6. The van der Waals surface area contributed by atoms with Crippen molar-refractivity contribution in [2.24, 2.45) is 0 Å². The summed E-state index contributed by atoms with van der Waals surface area (Å²) in [6, 6.07) is 16.1. The molecule has 2 aromatic carbocycles. The molecular formula is C25H25NO5. The van der Waals surface area contributed by atoms with Gasteiger partial charge in [-0.15, -0.1) is 0 Å². The number of esters is 2. The van der Waals surface area contributed by atoms with Crippen LogP contribution in [0.3, 0.4) is 0 Å². The van der Waals surface area contributed by atoms with Gasteiger partial charge in [0.05, 0.1) is 30.3 Å². The fourth-order valence-corrected chi connectivity index (χ4v) is 3.52. The number of hydrogen-bond donors (Lipinski definition) is 0. The van der Waals surface area contributed by atoms with Gasteiger partial charge in [0.25, 0.3) is 5.91 Å². The van der Waals surface area contributed by atoms with Gasteiger partial charge in [0.1, 0.15) is 0 Å². The summed E-state index contributed by atoms with van der Waals surface area (Å²) in [4.78, 5) is 40.2. The molecule has 0 saturated carbocycles. The molecular weight excluding hydrogens is 394 g/mol. The normalized spacial score (nSPS) is 13.8. The predicted molar refractivity (Wildman–Crippen MR) is 116 cm³/mol. The van der Waals surface area contributed by atoms with E-state index < -0.39 is 17.9 Å². The van der Waals surface area contributed by atoms with E-state index >= 15 is 0 Å². The van der Waals surface area contributed by atoms with Crippen LogP contribution in [0.2, 0.25) is 0 Å². The van der Waals surface area contributed by atoms with Gasteiger partial charge in [-0.05, 0) is 44.0 Å². The van der Waals surface area contributed by atoms with Gasteiger partial charge in [-0.25, -0.2) is 9.59 Å². The number of nitrogens with zero attached hydrogens (tertiary/aromatic N) is 1. The first-order chi connectivity index (χ1) is 15.0. The Bertz CT molecular complexity index is 1000. The summed E-state index contributed by atoms with van der Waals surface area (Å²) >= 11 is 0. The maximum Gasteiger partial charge on any atom is 0.336 e. The van der Waals surface area contributed by atoms with Crippen molar-refractivity contribution in [3.63, 3.8) is 0 Å². The van der Waals surface area contributed by atoms with Crippen LogP contribution in [0.15, 0.2) is 78.1 Å². The van der Waals surface area contributed by atoms with E-state index in [4.69, 9.17) is 9.47 Å². The smallest absolute Gasteiger partial charge is 0.336 e. The highest BCUT2D eigenvalue weighted by Gasteiger charge is 2.37. The molecule has 0 N–H and O–H groups in total. The number of benzene rings is 2. The monoisotopic (exact) mass is 419 g/mol. The quantitative estimate of drug-likeness (QED) is 0.659. The van der Waals surface area contributed by atoms with Crippen LogP contribution in [0.25, 0.3) is 0 Å². The van der Waals surface area contributed by atoms with Crippen LogP contribution in [0, 0.1) is 6.92 Å². The Labute approximate surface area is 181 Å². The molecule has 0 aliphatic carbocycles. The first-order valence-electron chi connectivity index (χ1n) is 10.2. The third kappa shape index (κ3) is 4.74. The molecule has 1 aliphatic rings. The van der Waals surface area contributed by atoms with Gasteiger partial charge in [-0.1, -0.05) is 42.5 Å².